The number of amides is 1. The maximum atomic E-state index is 13.1. The van der Waals surface area contributed by atoms with Gasteiger partial charge in [0, 0.05) is 12.6 Å². The van der Waals surface area contributed by atoms with Gasteiger partial charge in [0.2, 0.25) is 0 Å². The van der Waals surface area contributed by atoms with Crippen LogP contribution in [0, 0.1) is 0 Å². The largest absolute Gasteiger partial charge is 0.493 e. The molecule has 1 amide bonds. The molecule has 9 heteroatoms. The molecule has 0 spiro atoms. The summed E-state index contributed by atoms with van der Waals surface area (Å²) in [5, 5.41) is 0. The van der Waals surface area contributed by atoms with Crippen molar-refractivity contribution in [3.05, 3.63) is 48.0 Å². The average Bonchev–Trinajstić information content (AvgIpc) is 3.14. The molecule has 31 heavy (non-hydrogen) atoms. The van der Waals surface area contributed by atoms with E-state index in [1.807, 2.05) is 6.07 Å². The summed E-state index contributed by atoms with van der Waals surface area (Å²) in [5.41, 5.74) is 0.799. The number of benzene rings is 2. The number of methoxy groups -OCH3 is 3. The molecule has 0 saturated carbocycles. The molecule has 1 fully saturated rings. The van der Waals surface area contributed by atoms with Crippen LogP contribution in [0.4, 0.5) is 0 Å². The third kappa shape index (κ3) is 5.61. The first kappa shape index (κ1) is 22.7. The van der Waals surface area contributed by atoms with Crippen LogP contribution in [0.1, 0.15) is 12.0 Å². The van der Waals surface area contributed by atoms with E-state index in [2.05, 4.69) is 0 Å². The maximum absolute atomic E-state index is 13.1. The lowest BCUT2D eigenvalue weighted by atomic mass is 10.1. The molecule has 8 nitrogen and oxygen atoms in total. The summed E-state index contributed by atoms with van der Waals surface area (Å²) in [4.78, 5) is 14.7. The fourth-order valence-corrected chi connectivity index (χ4v) is 5.31. The molecule has 0 aromatic heterocycles. The Balaban J connectivity index is 1.80. The van der Waals surface area contributed by atoms with E-state index in [0.29, 0.717) is 29.4 Å². The summed E-state index contributed by atoms with van der Waals surface area (Å²) < 4.78 is 45.6. The van der Waals surface area contributed by atoms with Crippen LogP contribution >= 0.6 is 0 Å². The molecule has 1 aliphatic rings. The van der Waals surface area contributed by atoms with Crippen molar-refractivity contribution >= 4 is 15.7 Å². The average molecular weight is 450 g/mol. The van der Waals surface area contributed by atoms with Crippen LogP contribution in [0.25, 0.3) is 0 Å². The van der Waals surface area contributed by atoms with E-state index < -0.39 is 15.9 Å². The van der Waals surface area contributed by atoms with Crippen LogP contribution in [0.15, 0.2) is 42.5 Å². The standard InChI is InChI=1S/C22H27NO7S/c1-27-18-6-4-5-7-20(18)30-14-22(24)23(17-10-11-31(25,26)15-17)13-16-8-9-19(28-2)21(12-16)29-3/h4-9,12,17H,10-11,13-15H2,1-3H3. The van der Waals surface area contributed by atoms with Gasteiger partial charge in [0.1, 0.15) is 0 Å². The van der Waals surface area contributed by atoms with Gasteiger partial charge >= 0.3 is 0 Å². The fourth-order valence-electron chi connectivity index (χ4n) is 3.58. The van der Waals surface area contributed by atoms with E-state index in [4.69, 9.17) is 18.9 Å². The Morgan fingerprint density at radius 2 is 1.61 bits per heavy atom. The second-order valence-corrected chi connectivity index (χ2v) is 9.44. The minimum Gasteiger partial charge on any atom is -0.493 e. The highest BCUT2D eigenvalue weighted by Gasteiger charge is 2.35. The molecule has 2 aromatic rings. The molecule has 0 radical (unpaired) electrons. The Labute approximate surface area is 182 Å². The summed E-state index contributed by atoms with van der Waals surface area (Å²) in [5.74, 6) is 1.79. The van der Waals surface area contributed by atoms with Gasteiger partial charge in [0.05, 0.1) is 32.8 Å². The molecule has 168 valence electrons. The van der Waals surface area contributed by atoms with Crippen LogP contribution in [0.2, 0.25) is 0 Å². The molecular weight excluding hydrogens is 422 g/mol. The molecule has 0 N–H and O–H groups in total. The second-order valence-electron chi connectivity index (χ2n) is 7.21. The lowest BCUT2D eigenvalue weighted by Gasteiger charge is -2.28. The minimum absolute atomic E-state index is 0.0549. The SMILES string of the molecule is COc1ccc(CN(C(=O)COc2ccccc2OC)C2CCS(=O)(=O)C2)cc1OC. The smallest absolute Gasteiger partial charge is 0.261 e. The molecule has 3 rings (SSSR count). The van der Waals surface area contributed by atoms with Crippen molar-refractivity contribution in [1.29, 1.82) is 0 Å². The topological polar surface area (TPSA) is 91.4 Å². The number of rotatable bonds is 9. The lowest BCUT2D eigenvalue weighted by molar-refractivity contribution is -0.136. The number of sulfone groups is 1. The molecule has 1 aliphatic heterocycles. The molecule has 2 aromatic carbocycles. The van der Waals surface area contributed by atoms with Crippen molar-refractivity contribution in [3.8, 4) is 23.0 Å². The van der Waals surface area contributed by atoms with Crippen LogP contribution in [-0.2, 0) is 21.2 Å². The predicted molar refractivity (Wildman–Crippen MR) is 116 cm³/mol. The highest BCUT2D eigenvalue weighted by atomic mass is 32.2. The summed E-state index contributed by atoms with van der Waals surface area (Å²) in [6.07, 6.45) is 0.399. The molecule has 0 bridgehead atoms. The van der Waals surface area contributed by atoms with Gasteiger partial charge in [-0.3, -0.25) is 4.79 Å². The van der Waals surface area contributed by atoms with Crippen molar-refractivity contribution in [1.82, 2.24) is 4.90 Å². The van der Waals surface area contributed by atoms with Crippen LogP contribution in [0.5, 0.6) is 23.0 Å². The van der Waals surface area contributed by atoms with Gasteiger partial charge in [-0.25, -0.2) is 8.42 Å². The highest BCUT2D eigenvalue weighted by Crippen LogP contribution is 2.30. The number of nitrogens with zero attached hydrogens (tertiary/aromatic N) is 1. The van der Waals surface area contributed by atoms with Gasteiger partial charge in [-0.2, -0.15) is 0 Å². The minimum atomic E-state index is -3.17. The van der Waals surface area contributed by atoms with Crippen LogP contribution in [-0.4, -0.2) is 64.7 Å². The summed E-state index contributed by atoms with van der Waals surface area (Å²) in [6, 6.07) is 12.0. The van der Waals surface area contributed by atoms with E-state index >= 15 is 0 Å². The van der Waals surface area contributed by atoms with Crippen molar-refractivity contribution in [3.63, 3.8) is 0 Å². The number of carbonyl (C=O) groups excluding carboxylic acids is 1. The summed E-state index contributed by atoms with van der Waals surface area (Å²) in [6.45, 7) is -0.00112. The number of hydrogen-bond donors (Lipinski definition) is 0. The van der Waals surface area contributed by atoms with E-state index in [1.54, 1.807) is 48.4 Å². The lowest BCUT2D eigenvalue weighted by Crippen LogP contribution is -2.43. The normalized spacial score (nSPS) is 17.1. The van der Waals surface area contributed by atoms with Crippen molar-refractivity contribution in [2.75, 3.05) is 39.4 Å². The van der Waals surface area contributed by atoms with E-state index in [9.17, 15) is 13.2 Å². The second kappa shape index (κ2) is 9.91. The zero-order valence-corrected chi connectivity index (χ0v) is 18.7. The summed E-state index contributed by atoms with van der Waals surface area (Å²) >= 11 is 0. The molecule has 1 unspecified atom stereocenters. The molecule has 1 saturated heterocycles. The third-order valence-corrected chi connectivity index (χ3v) is 6.94. The quantitative estimate of drug-likeness (QED) is 0.580. The Hall–Kier alpha value is -2.94. The monoisotopic (exact) mass is 449 g/mol. The Bertz CT molecular complexity index is 1020. The molecule has 1 atom stereocenters. The van der Waals surface area contributed by atoms with Crippen LogP contribution < -0.4 is 18.9 Å². The maximum Gasteiger partial charge on any atom is 0.261 e. The van der Waals surface area contributed by atoms with E-state index in [-0.39, 0.29) is 30.6 Å². The number of ether oxygens (including phenoxy) is 4. The number of hydrogen-bond acceptors (Lipinski definition) is 7. The molecular formula is C22H27NO7S. The zero-order chi connectivity index (χ0) is 22.4. The van der Waals surface area contributed by atoms with Crippen molar-refractivity contribution in [2.24, 2.45) is 0 Å². The first-order valence-corrected chi connectivity index (χ1v) is 11.7. The summed E-state index contributed by atoms with van der Waals surface area (Å²) in [7, 11) is 1.44. The number of carbonyl (C=O) groups is 1. The number of para-hydroxylation sites is 2. The van der Waals surface area contributed by atoms with E-state index in [1.165, 1.54) is 14.2 Å². The van der Waals surface area contributed by atoms with Crippen molar-refractivity contribution in [2.45, 2.75) is 19.0 Å². The first-order chi connectivity index (χ1) is 14.9. The Morgan fingerprint density at radius 1 is 0.968 bits per heavy atom. The molecule has 1 heterocycles. The van der Waals surface area contributed by atoms with Crippen LogP contribution in [0.3, 0.4) is 0 Å². The zero-order valence-electron chi connectivity index (χ0n) is 17.9. The van der Waals surface area contributed by atoms with Gasteiger partial charge in [0.25, 0.3) is 5.91 Å². The van der Waals surface area contributed by atoms with Crippen molar-refractivity contribution < 1.29 is 32.2 Å². The van der Waals surface area contributed by atoms with Gasteiger partial charge in [0.15, 0.2) is 39.4 Å². The highest BCUT2D eigenvalue weighted by molar-refractivity contribution is 7.91. The van der Waals surface area contributed by atoms with Gasteiger partial charge in [-0.1, -0.05) is 18.2 Å². The molecule has 0 aliphatic carbocycles. The Morgan fingerprint density at radius 3 is 2.23 bits per heavy atom. The third-order valence-electron chi connectivity index (χ3n) is 5.19. The fraction of sp³-hybridized carbons (Fsp3) is 0.409. The van der Waals surface area contributed by atoms with Gasteiger partial charge in [-0.15, -0.1) is 0 Å². The first-order valence-electron chi connectivity index (χ1n) is 9.83. The van der Waals surface area contributed by atoms with Gasteiger partial charge in [-0.05, 0) is 36.2 Å². The van der Waals surface area contributed by atoms with Gasteiger partial charge < -0.3 is 23.8 Å². The van der Waals surface area contributed by atoms with E-state index in [0.717, 1.165) is 5.56 Å². The Kier molecular flexibility index (Phi) is 7.27. The predicted octanol–water partition coefficient (Wildman–Crippen LogP) is 2.31.